The van der Waals surface area contributed by atoms with Crippen molar-refractivity contribution in [3.63, 3.8) is 0 Å². The van der Waals surface area contributed by atoms with Gasteiger partial charge in [-0.1, -0.05) is 0 Å². The highest BCUT2D eigenvalue weighted by Crippen LogP contribution is 2.22. The third-order valence-corrected chi connectivity index (χ3v) is 3.06. The lowest BCUT2D eigenvalue weighted by Gasteiger charge is -2.28. The Morgan fingerprint density at radius 1 is 1.47 bits per heavy atom. The van der Waals surface area contributed by atoms with Gasteiger partial charge >= 0.3 is 0 Å². The number of anilines is 1. The zero-order valence-corrected chi connectivity index (χ0v) is 11.4. The molecule has 0 amide bonds. The van der Waals surface area contributed by atoms with E-state index in [-0.39, 0.29) is 6.04 Å². The third-order valence-electron chi connectivity index (χ3n) is 3.06. The summed E-state index contributed by atoms with van der Waals surface area (Å²) in [5.74, 6) is 0.967. The lowest BCUT2D eigenvalue weighted by atomic mass is 10.1. The molecule has 0 radical (unpaired) electrons. The van der Waals surface area contributed by atoms with Crippen molar-refractivity contribution in [2.45, 2.75) is 33.4 Å². The van der Waals surface area contributed by atoms with E-state index < -0.39 is 0 Å². The van der Waals surface area contributed by atoms with Crippen LogP contribution in [0.4, 0.5) is 5.82 Å². The predicted octanol–water partition coefficient (Wildman–Crippen LogP) is 1.63. The van der Waals surface area contributed by atoms with E-state index in [9.17, 15) is 0 Å². The first-order valence-electron chi connectivity index (χ1n) is 5.90. The van der Waals surface area contributed by atoms with Gasteiger partial charge in [0.1, 0.15) is 5.82 Å². The third kappa shape index (κ3) is 3.17. The molecule has 4 nitrogen and oxygen atoms in total. The van der Waals surface area contributed by atoms with Crippen molar-refractivity contribution in [3.8, 4) is 0 Å². The smallest absolute Gasteiger partial charge is 0.133 e. The van der Waals surface area contributed by atoms with Crippen molar-refractivity contribution in [2.24, 2.45) is 5.73 Å². The molecule has 0 aliphatic heterocycles. The zero-order valence-electron chi connectivity index (χ0n) is 11.4. The normalized spacial score (nSPS) is 12.6. The molecule has 96 valence electrons. The van der Waals surface area contributed by atoms with E-state index >= 15 is 0 Å². The summed E-state index contributed by atoms with van der Waals surface area (Å²) in [6.07, 6.45) is 0. The zero-order chi connectivity index (χ0) is 13.0. The van der Waals surface area contributed by atoms with Crippen LogP contribution in [-0.4, -0.2) is 31.8 Å². The maximum atomic E-state index is 5.82. The lowest BCUT2D eigenvalue weighted by Crippen LogP contribution is -2.34. The Hall–Kier alpha value is -1.13. The molecule has 0 aliphatic carbocycles. The highest BCUT2D eigenvalue weighted by molar-refractivity contribution is 5.51. The van der Waals surface area contributed by atoms with E-state index in [0.29, 0.717) is 13.2 Å². The summed E-state index contributed by atoms with van der Waals surface area (Å²) in [5, 5.41) is 0. The number of nitrogens with zero attached hydrogens (tertiary/aromatic N) is 2. The molecule has 2 N–H and O–H groups in total. The number of aromatic nitrogens is 1. The van der Waals surface area contributed by atoms with Crippen molar-refractivity contribution < 1.29 is 4.74 Å². The van der Waals surface area contributed by atoms with Gasteiger partial charge in [0.15, 0.2) is 0 Å². The molecule has 0 saturated heterocycles. The van der Waals surface area contributed by atoms with Gasteiger partial charge in [0.25, 0.3) is 0 Å². The van der Waals surface area contributed by atoms with Gasteiger partial charge in [-0.25, -0.2) is 4.98 Å². The molecule has 0 aliphatic rings. The van der Waals surface area contributed by atoms with Crippen LogP contribution in [-0.2, 0) is 11.3 Å². The molecule has 17 heavy (non-hydrogen) atoms. The van der Waals surface area contributed by atoms with Crippen LogP contribution in [0.15, 0.2) is 6.07 Å². The summed E-state index contributed by atoms with van der Waals surface area (Å²) in [6.45, 7) is 7.39. The van der Waals surface area contributed by atoms with Gasteiger partial charge < -0.3 is 15.4 Å². The van der Waals surface area contributed by atoms with Crippen LogP contribution in [0.3, 0.4) is 0 Å². The van der Waals surface area contributed by atoms with E-state index in [1.165, 1.54) is 5.56 Å². The lowest BCUT2D eigenvalue weighted by molar-refractivity contribution is 0.183. The highest BCUT2D eigenvalue weighted by Gasteiger charge is 2.16. The molecule has 1 rings (SSSR count). The Labute approximate surface area is 104 Å². The van der Waals surface area contributed by atoms with Gasteiger partial charge in [-0.15, -0.1) is 0 Å². The Morgan fingerprint density at radius 2 is 2.12 bits per heavy atom. The second-order valence-corrected chi connectivity index (χ2v) is 4.50. The van der Waals surface area contributed by atoms with Crippen molar-refractivity contribution in [3.05, 3.63) is 22.9 Å². The maximum Gasteiger partial charge on any atom is 0.133 e. The fraction of sp³-hybridized carbons (Fsp3) is 0.615. The van der Waals surface area contributed by atoms with Gasteiger partial charge in [-0.3, -0.25) is 0 Å². The number of ether oxygens (including phenoxy) is 1. The van der Waals surface area contributed by atoms with Crippen LogP contribution in [0.25, 0.3) is 0 Å². The first kappa shape index (κ1) is 13.9. The van der Waals surface area contributed by atoms with Crippen LogP contribution < -0.4 is 10.6 Å². The van der Waals surface area contributed by atoms with Crippen LogP contribution >= 0.6 is 0 Å². The fourth-order valence-corrected chi connectivity index (χ4v) is 1.95. The van der Waals surface area contributed by atoms with Crippen molar-refractivity contribution in [1.29, 1.82) is 0 Å². The quantitative estimate of drug-likeness (QED) is 0.845. The molecular weight excluding hydrogens is 214 g/mol. The largest absolute Gasteiger partial charge is 0.383 e. The number of nitrogens with two attached hydrogens (primary N) is 1. The first-order valence-corrected chi connectivity index (χ1v) is 5.90. The SMILES string of the molecule is COCC(C)N(C)c1nc(C)cc(C)c1CN. The molecule has 1 atom stereocenters. The average Bonchev–Trinajstić information content (AvgIpc) is 2.27. The average molecular weight is 237 g/mol. The molecule has 1 aromatic rings. The van der Waals surface area contributed by atoms with Gasteiger partial charge in [-0.2, -0.15) is 0 Å². The van der Waals surface area contributed by atoms with Crippen LogP contribution in [0.1, 0.15) is 23.7 Å². The molecule has 0 spiro atoms. The van der Waals surface area contributed by atoms with Crippen LogP contribution in [0.2, 0.25) is 0 Å². The summed E-state index contributed by atoms with van der Waals surface area (Å²) in [5.41, 5.74) is 9.15. The number of pyridine rings is 1. The van der Waals surface area contributed by atoms with E-state index in [2.05, 4.69) is 29.8 Å². The molecule has 0 fully saturated rings. The summed E-state index contributed by atoms with van der Waals surface area (Å²) < 4.78 is 5.18. The molecule has 1 aromatic heterocycles. The number of hydrogen-bond acceptors (Lipinski definition) is 4. The second kappa shape index (κ2) is 5.98. The Morgan fingerprint density at radius 3 is 2.65 bits per heavy atom. The van der Waals surface area contributed by atoms with Crippen molar-refractivity contribution >= 4 is 5.82 Å². The number of aryl methyl sites for hydroxylation is 2. The summed E-state index contributed by atoms with van der Waals surface area (Å²) in [7, 11) is 3.74. The maximum absolute atomic E-state index is 5.82. The minimum atomic E-state index is 0.277. The number of methoxy groups -OCH3 is 1. The van der Waals surface area contributed by atoms with Gasteiger partial charge in [0.05, 0.1) is 12.6 Å². The topological polar surface area (TPSA) is 51.4 Å². The molecule has 0 bridgehead atoms. The number of likely N-dealkylation sites (N-methyl/N-ethyl adjacent to an activating group) is 1. The van der Waals surface area contributed by atoms with Crippen molar-refractivity contribution in [2.75, 3.05) is 25.7 Å². The highest BCUT2D eigenvalue weighted by atomic mass is 16.5. The van der Waals surface area contributed by atoms with Crippen LogP contribution in [0.5, 0.6) is 0 Å². The molecular formula is C13H23N3O. The molecule has 1 unspecified atom stereocenters. The first-order chi connectivity index (χ1) is 8.01. The minimum Gasteiger partial charge on any atom is -0.383 e. The molecule has 1 heterocycles. The van der Waals surface area contributed by atoms with Crippen molar-refractivity contribution in [1.82, 2.24) is 4.98 Å². The van der Waals surface area contributed by atoms with Gasteiger partial charge in [0, 0.05) is 32.0 Å². The molecule has 0 saturated carbocycles. The molecule has 4 heteroatoms. The summed E-state index contributed by atoms with van der Waals surface area (Å²) >= 11 is 0. The summed E-state index contributed by atoms with van der Waals surface area (Å²) in [6, 6.07) is 2.35. The predicted molar refractivity (Wildman–Crippen MR) is 71.3 cm³/mol. The van der Waals surface area contributed by atoms with Crippen LogP contribution in [0, 0.1) is 13.8 Å². The van der Waals surface area contributed by atoms with E-state index in [0.717, 1.165) is 17.1 Å². The fourth-order valence-electron chi connectivity index (χ4n) is 1.95. The standard InChI is InChI=1S/C13H23N3O/c1-9-6-10(2)15-13(12(9)7-14)16(4)11(3)8-17-5/h6,11H,7-8,14H2,1-5H3. The van der Waals surface area contributed by atoms with Gasteiger partial charge in [0.2, 0.25) is 0 Å². The Kier molecular flexibility index (Phi) is 4.90. The minimum absolute atomic E-state index is 0.277. The molecule has 0 aromatic carbocycles. The Bertz CT molecular complexity index is 379. The number of rotatable bonds is 5. The van der Waals surface area contributed by atoms with E-state index in [1.807, 2.05) is 14.0 Å². The monoisotopic (exact) mass is 237 g/mol. The number of hydrogen-bond donors (Lipinski definition) is 1. The Balaban J connectivity index is 3.11. The van der Waals surface area contributed by atoms with E-state index in [1.54, 1.807) is 7.11 Å². The second-order valence-electron chi connectivity index (χ2n) is 4.50. The van der Waals surface area contributed by atoms with Gasteiger partial charge in [-0.05, 0) is 32.4 Å². The summed E-state index contributed by atoms with van der Waals surface area (Å²) in [4.78, 5) is 6.73. The van der Waals surface area contributed by atoms with E-state index in [4.69, 9.17) is 10.5 Å².